The lowest BCUT2D eigenvalue weighted by Crippen LogP contribution is -2.43. The van der Waals surface area contributed by atoms with Crippen molar-refractivity contribution in [3.8, 4) is 28.7 Å². The third-order valence-electron chi connectivity index (χ3n) is 5.74. The Balaban J connectivity index is 1.43. The van der Waals surface area contributed by atoms with Crippen LogP contribution in [-0.2, 0) is 14.8 Å². The van der Waals surface area contributed by atoms with E-state index in [1.807, 2.05) is 0 Å². The summed E-state index contributed by atoms with van der Waals surface area (Å²) in [6.45, 7) is 0.388. The fraction of sp³-hybridized carbons (Fsp3) is 0.348. The van der Waals surface area contributed by atoms with Crippen LogP contribution in [0.3, 0.4) is 0 Å². The number of amides is 1. The molecule has 1 saturated heterocycles. The predicted molar refractivity (Wildman–Crippen MR) is 126 cm³/mol. The number of hydrogen-bond acceptors (Lipinski definition) is 9. The standard InChI is InChI=1S/C23H26N4O7S/c1-31-17-7-9-18(10-8-17)35(29,30)27-12-4-5-16(14-27)21(28)24-23-26-25-22(34-23)15-6-11-19(32-2)20(13-15)33-3/h6-11,13,16H,4-5,12,14H2,1-3H3,(H,24,26,28). The van der Waals surface area contributed by atoms with Gasteiger partial charge in [-0.2, -0.15) is 4.31 Å². The first-order chi connectivity index (χ1) is 16.8. The van der Waals surface area contributed by atoms with Crippen LogP contribution in [0.5, 0.6) is 17.2 Å². The van der Waals surface area contributed by atoms with Gasteiger partial charge in [-0.1, -0.05) is 5.10 Å². The van der Waals surface area contributed by atoms with Crippen LogP contribution in [-0.4, -0.2) is 63.2 Å². The molecule has 0 spiro atoms. The van der Waals surface area contributed by atoms with Gasteiger partial charge in [0.05, 0.1) is 32.1 Å². The lowest BCUT2D eigenvalue weighted by atomic mass is 9.99. The van der Waals surface area contributed by atoms with Crippen LogP contribution in [0.15, 0.2) is 51.8 Å². The molecule has 1 aliphatic heterocycles. The summed E-state index contributed by atoms with van der Waals surface area (Å²) < 4.78 is 48.6. The van der Waals surface area contributed by atoms with Crippen LogP contribution < -0.4 is 19.5 Å². The second-order valence-electron chi connectivity index (χ2n) is 7.85. The van der Waals surface area contributed by atoms with Crippen LogP contribution >= 0.6 is 0 Å². The molecule has 186 valence electrons. The molecule has 4 rings (SSSR count). The van der Waals surface area contributed by atoms with Gasteiger partial charge in [-0.05, 0) is 55.3 Å². The first-order valence-electron chi connectivity index (χ1n) is 10.9. The van der Waals surface area contributed by atoms with E-state index in [1.54, 1.807) is 30.3 Å². The quantitative estimate of drug-likeness (QED) is 0.493. The number of anilines is 1. The third kappa shape index (κ3) is 5.23. The van der Waals surface area contributed by atoms with E-state index in [0.29, 0.717) is 42.2 Å². The van der Waals surface area contributed by atoms with Crippen molar-refractivity contribution in [1.82, 2.24) is 14.5 Å². The summed E-state index contributed by atoms with van der Waals surface area (Å²) in [5.74, 6) is 0.848. The Morgan fingerprint density at radius 1 is 1.03 bits per heavy atom. The predicted octanol–water partition coefficient (Wildman–Crippen LogP) is 2.80. The highest BCUT2D eigenvalue weighted by molar-refractivity contribution is 7.89. The minimum Gasteiger partial charge on any atom is -0.497 e. The van der Waals surface area contributed by atoms with Crippen LogP contribution in [0.2, 0.25) is 0 Å². The molecule has 2 aromatic carbocycles. The first-order valence-corrected chi connectivity index (χ1v) is 12.3. The van der Waals surface area contributed by atoms with E-state index >= 15 is 0 Å². The molecular weight excluding hydrogens is 476 g/mol. The van der Waals surface area contributed by atoms with E-state index in [2.05, 4.69) is 15.5 Å². The summed E-state index contributed by atoms with van der Waals surface area (Å²) >= 11 is 0. The number of piperidine rings is 1. The van der Waals surface area contributed by atoms with Gasteiger partial charge < -0.3 is 18.6 Å². The molecule has 12 heteroatoms. The molecule has 1 amide bonds. The number of nitrogens with zero attached hydrogens (tertiary/aromatic N) is 3. The first kappa shape index (κ1) is 24.5. The number of nitrogens with one attached hydrogen (secondary N) is 1. The highest BCUT2D eigenvalue weighted by Gasteiger charge is 2.34. The number of ether oxygens (including phenoxy) is 3. The molecule has 1 unspecified atom stereocenters. The van der Waals surface area contributed by atoms with E-state index in [4.69, 9.17) is 18.6 Å². The minimum absolute atomic E-state index is 0.0524. The molecule has 1 fully saturated rings. The summed E-state index contributed by atoms with van der Waals surface area (Å²) in [7, 11) is 0.817. The Bertz CT molecular complexity index is 1290. The number of sulfonamides is 1. The summed E-state index contributed by atoms with van der Waals surface area (Å²) in [5, 5.41) is 10.5. The van der Waals surface area contributed by atoms with Crippen molar-refractivity contribution in [3.05, 3.63) is 42.5 Å². The number of carbonyl (C=O) groups excluding carboxylic acids is 1. The van der Waals surface area contributed by atoms with Crippen molar-refractivity contribution in [3.63, 3.8) is 0 Å². The van der Waals surface area contributed by atoms with E-state index in [0.717, 1.165) is 0 Å². The van der Waals surface area contributed by atoms with Crippen molar-refractivity contribution < 1.29 is 31.8 Å². The van der Waals surface area contributed by atoms with Crippen LogP contribution in [0.25, 0.3) is 11.5 Å². The lowest BCUT2D eigenvalue weighted by Gasteiger charge is -2.30. The number of aromatic nitrogens is 2. The molecule has 2 heterocycles. The molecule has 0 bridgehead atoms. The van der Waals surface area contributed by atoms with Crippen molar-refractivity contribution >= 4 is 21.9 Å². The average molecular weight is 503 g/mol. The summed E-state index contributed by atoms with van der Waals surface area (Å²) in [5.41, 5.74) is 0.588. The van der Waals surface area contributed by atoms with Crippen molar-refractivity contribution in [2.24, 2.45) is 5.92 Å². The maximum atomic E-state index is 13.1. The van der Waals surface area contributed by atoms with Crippen molar-refractivity contribution in [1.29, 1.82) is 0 Å². The monoisotopic (exact) mass is 502 g/mol. The Hall–Kier alpha value is -3.64. The molecule has 0 aliphatic carbocycles. The van der Waals surface area contributed by atoms with E-state index in [1.165, 1.54) is 37.8 Å². The molecule has 35 heavy (non-hydrogen) atoms. The zero-order valence-corrected chi connectivity index (χ0v) is 20.4. The molecule has 1 atom stereocenters. The molecule has 0 radical (unpaired) electrons. The average Bonchev–Trinajstić information content (AvgIpc) is 3.36. The van der Waals surface area contributed by atoms with Crippen LogP contribution in [0, 0.1) is 5.92 Å². The molecule has 1 aromatic heterocycles. The van der Waals surface area contributed by atoms with E-state index in [-0.39, 0.29) is 29.3 Å². The third-order valence-corrected chi connectivity index (χ3v) is 7.62. The number of rotatable bonds is 8. The fourth-order valence-electron chi connectivity index (χ4n) is 3.84. The molecule has 11 nitrogen and oxygen atoms in total. The number of carbonyl (C=O) groups is 1. The van der Waals surface area contributed by atoms with Gasteiger partial charge in [0.25, 0.3) is 0 Å². The molecule has 0 saturated carbocycles. The number of hydrogen-bond donors (Lipinski definition) is 1. The maximum absolute atomic E-state index is 13.1. The van der Waals surface area contributed by atoms with Crippen molar-refractivity contribution in [2.75, 3.05) is 39.7 Å². The zero-order valence-electron chi connectivity index (χ0n) is 19.6. The Morgan fingerprint density at radius 2 is 1.77 bits per heavy atom. The van der Waals surface area contributed by atoms with Crippen LogP contribution in [0.1, 0.15) is 12.8 Å². The highest BCUT2D eigenvalue weighted by atomic mass is 32.2. The Labute approximate surface area is 203 Å². The zero-order chi connectivity index (χ0) is 25.0. The van der Waals surface area contributed by atoms with Gasteiger partial charge in [-0.3, -0.25) is 10.1 Å². The highest BCUT2D eigenvalue weighted by Crippen LogP contribution is 2.32. The molecular formula is C23H26N4O7S. The summed E-state index contributed by atoms with van der Waals surface area (Å²) in [4.78, 5) is 13.0. The van der Waals surface area contributed by atoms with Gasteiger partial charge in [-0.25, -0.2) is 8.42 Å². The Kier molecular flexibility index (Phi) is 7.22. The normalized spacial score (nSPS) is 16.5. The second kappa shape index (κ2) is 10.3. The van der Waals surface area contributed by atoms with Gasteiger partial charge in [0, 0.05) is 18.7 Å². The van der Waals surface area contributed by atoms with Crippen LogP contribution in [0.4, 0.5) is 6.01 Å². The molecule has 3 aromatic rings. The Morgan fingerprint density at radius 3 is 2.46 bits per heavy atom. The van der Waals surface area contributed by atoms with Gasteiger partial charge in [0.2, 0.25) is 21.8 Å². The minimum atomic E-state index is -3.75. The van der Waals surface area contributed by atoms with Gasteiger partial charge in [0.1, 0.15) is 5.75 Å². The second-order valence-corrected chi connectivity index (χ2v) is 9.79. The van der Waals surface area contributed by atoms with Gasteiger partial charge >= 0.3 is 6.01 Å². The van der Waals surface area contributed by atoms with E-state index < -0.39 is 15.9 Å². The maximum Gasteiger partial charge on any atom is 0.322 e. The smallest absolute Gasteiger partial charge is 0.322 e. The summed E-state index contributed by atoms with van der Waals surface area (Å²) in [6, 6.07) is 11.2. The van der Waals surface area contributed by atoms with Gasteiger partial charge in [0.15, 0.2) is 11.5 Å². The lowest BCUT2D eigenvalue weighted by molar-refractivity contribution is -0.121. The SMILES string of the molecule is COc1ccc(S(=O)(=O)N2CCCC(C(=O)Nc3nnc(-c4ccc(OC)c(OC)c4)o3)C2)cc1. The largest absolute Gasteiger partial charge is 0.497 e. The van der Waals surface area contributed by atoms with Gasteiger partial charge in [-0.15, -0.1) is 5.10 Å². The number of benzene rings is 2. The topological polar surface area (TPSA) is 133 Å². The van der Waals surface area contributed by atoms with Crippen molar-refractivity contribution in [2.45, 2.75) is 17.7 Å². The fourth-order valence-corrected chi connectivity index (χ4v) is 5.36. The van der Waals surface area contributed by atoms with E-state index in [9.17, 15) is 13.2 Å². The molecule has 1 N–H and O–H groups in total. The summed E-state index contributed by atoms with van der Waals surface area (Å²) in [6.07, 6.45) is 1.09. The number of methoxy groups -OCH3 is 3. The molecule has 1 aliphatic rings.